The first-order valence-corrected chi connectivity index (χ1v) is 7.69. The van der Waals surface area contributed by atoms with Crippen LogP contribution in [0.2, 0.25) is 0 Å². The molecule has 0 unspecified atom stereocenters. The summed E-state index contributed by atoms with van der Waals surface area (Å²) in [5.41, 5.74) is 0.719. The van der Waals surface area contributed by atoms with Gasteiger partial charge in [-0.15, -0.1) is 0 Å². The zero-order valence-electron chi connectivity index (χ0n) is 9.31. The van der Waals surface area contributed by atoms with E-state index in [1.54, 1.807) is 6.92 Å². The second-order valence-corrected chi connectivity index (χ2v) is 6.74. The highest BCUT2D eigenvalue weighted by Gasteiger charge is 2.14. The van der Waals surface area contributed by atoms with Gasteiger partial charge in [0.2, 0.25) is 0 Å². The van der Waals surface area contributed by atoms with Crippen LogP contribution < -0.4 is 0 Å². The number of halogens is 1. The lowest BCUT2D eigenvalue weighted by Gasteiger charge is -2.06. The van der Waals surface area contributed by atoms with Crippen molar-refractivity contribution in [1.82, 2.24) is 0 Å². The summed E-state index contributed by atoms with van der Waals surface area (Å²) in [6, 6.07) is 4.35. The number of benzene rings is 1. The van der Waals surface area contributed by atoms with E-state index >= 15 is 0 Å². The van der Waals surface area contributed by atoms with Crippen LogP contribution in [0.25, 0.3) is 0 Å². The maximum atomic E-state index is 11.6. The molecule has 0 atom stereocenters. The SMILES string of the molecule is CCCS(=O)(=O)Cc1ccc(C(=O)O)cc1Br. The van der Waals surface area contributed by atoms with Gasteiger partial charge in [-0.2, -0.15) is 0 Å². The van der Waals surface area contributed by atoms with E-state index in [0.29, 0.717) is 16.5 Å². The molecular weight excluding hydrogens is 308 g/mol. The van der Waals surface area contributed by atoms with E-state index in [0.717, 1.165) is 0 Å². The summed E-state index contributed by atoms with van der Waals surface area (Å²) in [6.45, 7) is 1.81. The second kappa shape index (κ2) is 5.64. The summed E-state index contributed by atoms with van der Waals surface area (Å²) in [5.74, 6) is -0.963. The Morgan fingerprint density at radius 1 is 1.41 bits per heavy atom. The van der Waals surface area contributed by atoms with Crippen LogP contribution in [0, 0.1) is 0 Å². The van der Waals surface area contributed by atoms with Gasteiger partial charge in [-0.3, -0.25) is 0 Å². The van der Waals surface area contributed by atoms with Gasteiger partial charge in [-0.1, -0.05) is 28.9 Å². The third kappa shape index (κ3) is 4.12. The van der Waals surface area contributed by atoms with Gasteiger partial charge >= 0.3 is 5.97 Å². The highest BCUT2D eigenvalue weighted by Crippen LogP contribution is 2.21. The smallest absolute Gasteiger partial charge is 0.335 e. The number of carboxylic acid groups (broad SMARTS) is 1. The van der Waals surface area contributed by atoms with Crippen LogP contribution >= 0.6 is 15.9 Å². The number of rotatable bonds is 5. The Labute approximate surface area is 109 Å². The number of sulfone groups is 1. The minimum atomic E-state index is -3.12. The van der Waals surface area contributed by atoms with Crippen molar-refractivity contribution in [3.63, 3.8) is 0 Å². The van der Waals surface area contributed by atoms with E-state index < -0.39 is 15.8 Å². The van der Waals surface area contributed by atoms with Crippen LogP contribution in [0.4, 0.5) is 0 Å². The van der Waals surface area contributed by atoms with Crippen LogP contribution in [0.5, 0.6) is 0 Å². The van der Waals surface area contributed by atoms with E-state index in [1.165, 1.54) is 18.2 Å². The summed E-state index contributed by atoms with van der Waals surface area (Å²) in [6.07, 6.45) is 0.577. The monoisotopic (exact) mass is 320 g/mol. The normalized spacial score (nSPS) is 11.4. The lowest BCUT2D eigenvalue weighted by Crippen LogP contribution is -2.09. The van der Waals surface area contributed by atoms with Gasteiger partial charge in [0.25, 0.3) is 0 Å². The predicted octanol–water partition coefficient (Wildman–Crippen LogP) is 2.47. The zero-order valence-corrected chi connectivity index (χ0v) is 11.7. The third-order valence-electron chi connectivity index (χ3n) is 2.19. The fraction of sp³-hybridized carbons (Fsp3) is 0.364. The van der Waals surface area contributed by atoms with Crippen LogP contribution in [0.15, 0.2) is 22.7 Å². The molecule has 1 aromatic rings. The Kier molecular flexibility index (Phi) is 4.70. The maximum absolute atomic E-state index is 11.6. The highest BCUT2D eigenvalue weighted by molar-refractivity contribution is 9.10. The molecule has 0 heterocycles. The van der Waals surface area contributed by atoms with Gasteiger partial charge in [0.15, 0.2) is 9.84 Å². The Hall–Kier alpha value is -0.880. The van der Waals surface area contributed by atoms with Crippen LogP contribution in [0.1, 0.15) is 29.3 Å². The molecule has 0 aliphatic heterocycles. The van der Waals surface area contributed by atoms with Gasteiger partial charge in [-0.05, 0) is 24.1 Å². The first kappa shape index (κ1) is 14.2. The molecule has 6 heteroatoms. The molecule has 4 nitrogen and oxygen atoms in total. The molecule has 0 saturated heterocycles. The molecule has 0 bridgehead atoms. The first-order valence-electron chi connectivity index (χ1n) is 5.08. The number of hydrogen-bond acceptors (Lipinski definition) is 3. The third-order valence-corrected chi connectivity index (χ3v) is 4.71. The number of carbonyl (C=O) groups is 1. The molecule has 17 heavy (non-hydrogen) atoms. The van der Waals surface area contributed by atoms with Crippen molar-refractivity contribution in [3.05, 3.63) is 33.8 Å². The molecule has 0 fully saturated rings. The van der Waals surface area contributed by atoms with Crippen molar-refractivity contribution in [2.24, 2.45) is 0 Å². The van der Waals surface area contributed by atoms with Gasteiger partial charge in [0, 0.05) is 4.47 Å². The molecular formula is C11H13BrO4S. The lowest BCUT2D eigenvalue weighted by molar-refractivity contribution is 0.0697. The molecule has 0 aliphatic carbocycles. The summed E-state index contributed by atoms with van der Waals surface area (Å²) in [5, 5.41) is 8.78. The van der Waals surface area contributed by atoms with E-state index in [1.807, 2.05) is 0 Å². The van der Waals surface area contributed by atoms with E-state index in [2.05, 4.69) is 15.9 Å². The van der Waals surface area contributed by atoms with Crippen molar-refractivity contribution in [3.8, 4) is 0 Å². The second-order valence-electron chi connectivity index (χ2n) is 3.70. The molecule has 0 aromatic heterocycles. The molecule has 0 amide bonds. The van der Waals surface area contributed by atoms with Crippen molar-refractivity contribution in [1.29, 1.82) is 0 Å². The molecule has 0 radical (unpaired) electrons. The summed E-state index contributed by atoms with van der Waals surface area (Å²) < 4.78 is 23.8. The van der Waals surface area contributed by atoms with Crippen molar-refractivity contribution < 1.29 is 18.3 Å². The Morgan fingerprint density at radius 3 is 2.53 bits per heavy atom. The van der Waals surface area contributed by atoms with E-state index in [4.69, 9.17) is 5.11 Å². The molecule has 0 saturated carbocycles. The van der Waals surface area contributed by atoms with Gasteiger partial charge in [0.1, 0.15) is 0 Å². The molecule has 0 spiro atoms. The summed E-state index contributed by atoms with van der Waals surface area (Å²) >= 11 is 3.19. The average molecular weight is 321 g/mol. The number of hydrogen-bond donors (Lipinski definition) is 1. The van der Waals surface area contributed by atoms with Gasteiger partial charge < -0.3 is 5.11 Å². The van der Waals surface area contributed by atoms with Crippen molar-refractivity contribution in [2.75, 3.05) is 5.75 Å². The average Bonchev–Trinajstić information content (AvgIpc) is 2.20. The Morgan fingerprint density at radius 2 is 2.06 bits per heavy atom. The Bertz CT molecular complexity index is 522. The topological polar surface area (TPSA) is 71.4 Å². The molecule has 1 rings (SSSR count). The standard InChI is InChI=1S/C11H13BrO4S/c1-2-5-17(15,16)7-9-4-3-8(11(13)14)6-10(9)12/h3-4,6H,2,5,7H2,1H3,(H,13,14). The molecule has 1 aromatic carbocycles. The van der Waals surface area contributed by atoms with Gasteiger partial charge in [0.05, 0.1) is 17.1 Å². The van der Waals surface area contributed by atoms with Gasteiger partial charge in [-0.25, -0.2) is 13.2 Å². The zero-order chi connectivity index (χ0) is 13.1. The van der Waals surface area contributed by atoms with Crippen LogP contribution in [-0.4, -0.2) is 25.2 Å². The van der Waals surface area contributed by atoms with Crippen LogP contribution in [-0.2, 0) is 15.6 Å². The predicted molar refractivity (Wildman–Crippen MR) is 68.9 cm³/mol. The number of carboxylic acids is 1. The van der Waals surface area contributed by atoms with Crippen LogP contribution in [0.3, 0.4) is 0 Å². The minimum absolute atomic E-state index is 0.0681. The van der Waals surface area contributed by atoms with E-state index in [-0.39, 0.29) is 17.1 Å². The Balaban J connectivity index is 2.98. The minimum Gasteiger partial charge on any atom is -0.478 e. The van der Waals surface area contributed by atoms with Crippen molar-refractivity contribution in [2.45, 2.75) is 19.1 Å². The maximum Gasteiger partial charge on any atom is 0.335 e. The molecule has 1 N–H and O–H groups in total. The molecule has 94 valence electrons. The largest absolute Gasteiger partial charge is 0.478 e. The van der Waals surface area contributed by atoms with E-state index in [9.17, 15) is 13.2 Å². The molecule has 0 aliphatic rings. The fourth-order valence-electron chi connectivity index (χ4n) is 1.42. The fourth-order valence-corrected chi connectivity index (χ4v) is 3.61. The quantitative estimate of drug-likeness (QED) is 0.904. The summed E-state index contributed by atoms with van der Waals surface area (Å²) in [7, 11) is -3.12. The lowest BCUT2D eigenvalue weighted by atomic mass is 10.1. The summed E-state index contributed by atoms with van der Waals surface area (Å²) in [4.78, 5) is 10.7. The van der Waals surface area contributed by atoms with Crippen molar-refractivity contribution >= 4 is 31.7 Å². The highest BCUT2D eigenvalue weighted by atomic mass is 79.9. The first-order chi connectivity index (χ1) is 7.85. The number of aromatic carboxylic acids is 1.